The molecule has 548 valence electrons. The van der Waals surface area contributed by atoms with Crippen molar-refractivity contribution < 1.29 is 8.83 Å². The highest BCUT2D eigenvalue weighted by molar-refractivity contribution is 7.26. The second-order valence-corrected chi connectivity index (χ2v) is 33.1. The third-order valence-corrected chi connectivity index (χ3v) is 26.1. The second-order valence-electron chi connectivity index (χ2n) is 31.0. The van der Waals surface area contributed by atoms with E-state index in [0.29, 0.717) is 11.6 Å². The first-order chi connectivity index (χ1) is 57.7. The number of nitrogens with zero attached hydrogens (tertiary/aromatic N) is 4. The molecule has 0 spiro atoms. The van der Waals surface area contributed by atoms with E-state index in [1.807, 2.05) is 6.07 Å². The summed E-state index contributed by atoms with van der Waals surface area (Å²) in [4.78, 5) is 21.6. The van der Waals surface area contributed by atoms with E-state index < -0.39 is 0 Å². The normalized spacial score (nSPS) is 12.4. The van der Waals surface area contributed by atoms with Gasteiger partial charge in [-0.2, -0.15) is 0 Å². The van der Waals surface area contributed by atoms with Gasteiger partial charge < -0.3 is 8.83 Å². The Kier molecular flexibility index (Phi) is 15.9. The molecule has 0 atom stereocenters. The van der Waals surface area contributed by atoms with Crippen LogP contribution < -0.4 is 0 Å². The van der Waals surface area contributed by atoms with E-state index in [2.05, 4.69) is 384 Å². The first-order valence-corrected chi connectivity index (χ1v) is 41.3. The van der Waals surface area contributed by atoms with Gasteiger partial charge in [-0.25, -0.2) is 19.9 Å². The zero-order valence-corrected chi connectivity index (χ0v) is 65.4. The maximum Gasteiger partial charge on any atom is 0.161 e. The molecule has 0 unspecified atom stereocenters. The van der Waals surface area contributed by atoms with Crippen molar-refractivity contribution in [3.8, 4) is 123 Å². The Morgan fingerprint density at radius 1 is 0.231 bits per heavy atom. The summed E-state index contributed by atoms with van der Waals surface area (Å²) >= 11 is 3.52. The fraction of sp³-hybridized carbons (Fsp3) is 0.0275. The van der Waals surface area contributed by atoms with Crippen molar-refractivity contribution in [1.82, 2.24) is 19.9 Å². The van der Waals surface area contributed by atoms with E-state index >= 15 is 0 Å². The van der Waals surface area contributed by atoms with Crippen LogP contribution in [0.5, 0.6) is 0 Å². The van der Waals surface area contributed by atoms with Crippen molar-refractivity contribution in [1.29, 1.82) is 0 Å². The third-order valence-electron chi connectivity index (χ3n) is 23.8. The lowest BCUT2D eigenvalue weighted by Gasteiger charge is -2.22. The molecule has 0 saturated heterocycles. The molecule has 0 aliphatic heterocycles. The fourth-order valence-corrected chi connectivity index (χ4v) is 20.4. The Balaban J connectivity index is 0.000000139. The van der Waals surface area contributed by atoms with Crippen LogP contribution in [0.3, 0.4) is 0 Å². The summed E-state index contributed by atoms with van der Waals surface area (Å²) < 4.78 is 18.4. The number of rotatable bonds is 10. The highest BCUT2D eigenvalue weighted by Crippen LogP contribution is 2.52. The quantitative estimate of drug-likeness (QED) is 0.136. The first kappa shape index (κ1) is 68.1. The van der Waals surface area contributed by atoms with Crippen LogP contribution in [0.4, 0.5) is 0 Å². The van der Waals surface area contributed by atoms with E-state index in [9.17, 15) is 0 Å². The highest BCUT2D eigenvalue weighted by atomic mass is 32.1. The van der Waals surface area contributed by atoms with Crippen LogP contribution in [0.2, 0.25) is 0 Å². The van der Waals surface area contributed by atoms with Crippen molar-refractivity contribution in [2.75, 3.05) is 0 Å². The number of para-hydroxylation sites is 1. The molecule has 0 saturated carbocycles. The molecule has 0 radical (unpaired) electrons. The molecule has 1 aliphatic rings. The monoisotopic (exact) mass is 1530 g/mol. The summed E-state index contributed by atoms with van der Waals surface area (Å²) in [7, 11) is 0. The van der Waals surface area contributed by atoms with Gasteiger partial charge in [-0.1, -0.05) is 329 Å². The number of aromatic nitrogens is 4. The summed E-state index contributed by atoms with van der Waals surface area (Å²) in [5.74, 6) is 1.38. The molecule has 17 aromatic carbocycles. The largest absolute Gasteiger partial charge is 0.456 e. The summed E-state index contributed by atoms with van der Waals surface area (Å²) in [5.41, 5.74) is 30.4. The molecule has 8 heteroatoms. The zero-order valence-electron chi connectivity index (χ0n) is 63.7. The van der Waals surface area contributed by atoms with Gasteiger partial charge in [0.1, 0.15) is 22.3 Å². The predicted molar refractivity (Wildman–Crippen MR) is 491 cm³/mol. The number of fused-ring (bicyclic) bond motifs is 19. The molecule has 1 aliphatic carbocycles. The molecule has 6 aromatic heterocycles. The van der Waals surface area contributed by atoms with E-state index in [1.165, 1.54) is 76.2 Å². The molecule has 0 amide bonds. The fourth-order valence-electron chi connectivity index (χ4n) is 18.1. The highest BCUT2D eigenvalue weighted by Gasteiger charge is 2.36. The summed E-state index contributed by atoms with van der Waals surface area (Å²) in [6.45, 7) is 4.67. The SMILES string of the molecule is CC1(C)c2ccccc2-c2ccc(-c3nc(-c4cc5oc6c(-c7ccc(-c8ccc(-c9ccccc9)cc8)cc7)cccc6c5c5ccccc45)nc4c3sc3ccccc34)cc21.c1ccc(-c2cc(-c3ccccc3)cc(-c3ccc4c(c3)oc3cc(-c5nc(-c6ccccc6)c6sc7ccccc7c6n5)c5ccccc5c34)c2)cc1. The molecule has 24 rings (SSSR count). The molecular weight excluding hydrogens is 1460 g/mol. The average molecular weight is 1530 g/mol. The maximum absolute atomic E-state index is 6.99. The lowest BCUT2D eigenvalue weighted by atomic mass is 9.82. The molecule has 0 fully saturated rings. The van der Waals surface area contributed by atoms with Crippen LogP contribution in [-0.2, 0) is 5.41 Å². The maximum atomic E-state index is 6.99. The number of hydrogen-bond acceptors (Lipinski definition) is 8. The van der Waals surface area contributed by atoms with Crippen LogP contribution in [0, 0.1) is 0 Å². The van der Waals surface area contributed by atoms with Gasteiger partial charge in [0.05, 0.1) is 31.8 Å². The smallest absolute Gasteiger partial charge is 0.161 e. The number of hydrogen-bond donors (Lipinski definition) is 0. The van der Waals surface area contributed by atoms with Crippen LogP contribution >= 0.6 is 22.7 Å². The van der Waals surface area contributed by atoms with Crippen molar-refractivity contribution in [3.63, 3.8) is 0 Å². The Bertz CT molecular complexity index is 7880. The van der Waals surface area contributed by atoms with Gasteiger partial charge in [0.25, 0.3) is 0 Å². The lowest BCUT2D eigenvalue weighted by Crippen LogP contribution is -2.14. The van der Waals surface area contributed by atoms with E-state index in [4.69, 9.17) is 28.8 Å². The van der Waals surface area contributed by atoms with Gasteiger partial charge in [-0.05, 0) is 166 Å². The minimum Gasteiger partial charge on any atom is -0.456 e. The van der Waals surface area contributed by atoms with Gasteiger partial charge in [-0.15, -0.1) is 22.7 Å². The standard InChI is InChI=1S/C59H38N2OS.C50H30N2OS/c1-59(2)49-21-10-8-16-43(49)44-32-31-40(33-50(44)59)54-57-55(46-18-9-11-22-52(46)63-57)61-58(60-54)48-34-51-53(45-17-7-6-15-42(45)48)47-20-12-19-41(56(47)62-51)39-29-27-38(28-30-39)37-25-23-36(24-26-37)35-13-4-3-5-14-35;1-4-14-31(15-5-1)35-26-36(32-16-6-2-7-17-32)28-37(27-35)34-24-25-40-43(29-34)53-44-30-42(38-20-10-11-21-39(38)46(40)44)50-51-47(33-18-8-3-9-19-33)49-48(52-50)41-22-12-13-23-45(41)54-49/h3-34H,1-2H3;1-30H. The molecule has 117 heavy (non-hydrogen) atoms. The van der Waals surface area contributed by atoms with Gasteiger partial charge in [0.2, 0.25) is 0 Å². The molecule has 6 heterocycles. The summed E-state index contributed by atoms with van der Waals surface area (Å²) in [6, 6.07) is 134. The average Bonchev–Trinajstić information content (AvgIpc) is 1.59. The zero-order chi connectivity index (χ0) is 77.4. The Hall–Kier alpha value is -14.5. The van der Waals surface area contributed by atoms with Gasteiger partial charge in [0.15, 0.2) is 11.6 Å². The molecule has 23 aromatic rings. The molecular formula is C109H68N4O2S2. The molecule has 0 N–H and O–H groups in total. The van der Waals surface area contributed by atoms with Crippen LogP contribution in [0.1, 0.15) is 25.0 Å². The van der Waals surface area contributed by atoms with E-state index in [1.54, 1.807) is 22.7 Å². The molecule has 0 bridgehead atoms. The third kappa shape index (κ3) is 11.4. The summed E-state index contributed by atoms with van der Waals surface area (Å²) in [5, 5.41) is 11.1. The van der Waals surface area contributed by atoms with Crippen molar-refractivity contribution in [3.05, 3.63) is 387 Å². The summed E-state index contributed by atoms with van der Waals surface area (Å²) in [6.07, 6.45) is 0. The van der Waals surface area contributed by atoms with Gasteiger partial charge in [0, 0.05) is 74.9 Å². The van der Waals surface area contributed by atoms with E-state index in [0.717, 1.165) is 153 Å². The number of furan rings is 2. The molecule has 6 nitrogen and oxygen atoms in total. The van der Waals surface area contributed by atoms with Gasteiger partial charge >= 0.3 is 0 Å². The van der Waals surface area contributed by atoms with Crippen LogP contribution in [0.25, 0.3) is 229 Å². The topological polar surface area (TPSA) is 77.8 Å². The Labute approximate surface area is 682 Å². The Morgan fingerprint density at radius 3 is 1.18 bits per heavy atom. The number of thiophene rings is 2. The van der Waals surface area contributed by atoms with E-state index in [-0.39, 0.29) is 5.41 Å². The number of benzene rings is 17. The first-order valence-electron chi connectivity index (χ1n) is 39.7. The lowest BCUT2D eigenvalue weighted by molar-refractivity contribution is 0.660. The minimum atomic E-state index is -0.129. The van der Waals surface area contributed by atoms with Crippen molar-refractivity contribution >= 4 is 129 Å². The predicted octanol–water partition coefficient (Wildman–Crippen LogP) is 30.8. The Morgan fingerprint density at radius 2 is 0.624 bits per heavy atom. The minimum absolute atomic E-state index is 0.129. The second kappa shape index (κ2) is 27.4. The van der Waals surface area contributed by atoms with Crippen molar-refractivity contribution in [2.24, 2.45) is 0 Å². The van der Waals surface area contributed by atoms with Crippen LogP contribution in [-0.4, -0.2) is 19.9 Å². The van der Waals surface area contributed by atoms with Crippen molar-refractivity contribution in [2.45, 2.75) is 19.3 Å². The van der Waals surface area contributed by atoms with Gasteiger partial charge in [-0.3, -0.25) is 0 Å². The van der Waals surface area contributed by atoms with Crippen LogP contribution in [0.15, 0.2) is 385 Å².